The van der Waals surface area contributed by atoms with Gasteiger partial charge in [-0.3, -0.25) is 4.99 Å². The van der Waals surface area contributed by atoms with E-state index in [2.05, 4.69) is 10.3 Å². The normalized spacial score (nSPS) is 20.4. The molecule has 1 heterocycles. The molecule has 0 aliphatic carbocycles. The number of hydrogen-bond donors (Lipinski definition) is 2. The number of guanidine groups is 1. The second kappa shape index (κ2) is 3.46. The van der Waals surface area contributed by atoms with Gasteiger partial charge in [0.1, 0.15) is 5.82 Å². The lowest BCUT2D eigenvalue weighted by Gasteiger charge is -2.10. The molecule has 0 spiro atoms. The number of hydrogen-bond acceptors (Lipinski definition) is 3. The monoisotopic (exact) mass is 213 g/mol. The first-order valence-corrected chi connectivity index (χ1v) is 4.56. The van der Waals surface area contributed by atoms with E-state index in [-0.39, 0.29) is 11.1 Å². The van der Waals surface area contributed by atoms with Crippen LogP contribution in [0.4, 0.5) is 4.39 Å². The van der Waals surface area contributed by atoms with Crippen LogP contribution in [0, 0.1) is 5.82 Å². The van der Waals surface area contributed by atoms with Gasteiger partial charge in [0.05, 0.1) is 17.6 Å². The largest absolute Gasteiger partial charge is 0.370 e. The molecule has 1 aliphatic rings. The average molecular weight is 214 g/mol. The summed E-state index contributed by atoms with van der Waals surface area (Å²) in [5.41, 5.74) is 6.25. The maximum absolute atomic E-state index is 13.1. The Labute approximate surface area is 85.8 Å². The summed E-state index contributed by atoms with van der Waals surface area (Å²) in [4.78, 5) is 3.97. The van der Waals surface area contributed by atoms with Crippen molar-refractivity contribution in [2.45, 2.75) is 6.04 Å². The van der Waals surface area contributed by atoms with Crippen molar-refractivity contribution in [1.29, 1.82) is 0 Å². The molecule has 0 radical (unpaired) electrons. The predicted octanol–water partition coefficient (Wildman–Crippen LogP) is 1.44. The van der Waals surface area contributed by atoms with Gasteiger partial charge in [0.15, 0.2) is 5.96 Å². The van der Waals surface area contributed by atoms with Crippen LogP contribution in [-0.2, 0) is 0 Å². The third-order valence-corrected chi connectivity index (χ3v) is 2.42. The van der Waals surface area contributed by atoms with Gasteiger partial charge in [0.25, 0.3) is 0 Å². The summed E-state index contributed by atoms with van der Waals surface area (Å²) in [6, 6.07) is 4.65. The van der Waals surface area contributed by atoms with Gasteiger partial charge in [-0.15, -0.1) is 0 Å². The Morgan fingerprint density at radius 2 is 2.36 bits per heavy atom. The zero-order valence-electron chi connectivity index (χ0n) is 7.30. The highest BCUT2D eigenvalue weighted by atomic mass is 35.5. The van der Waals surface area contributed by atoms with E-state index < -0.39 is 5.82 Å². The molecular weight excluding hydrogens is 205 g/mol. The fourth-order valence-corrected chi connectivity index (χ4v) is 1.49. The number of rotatable bonds is 1. The third-order valence-electron chi connectivity index (χ3n) is 2.11. The molecule has 3 nitrogen and oxygen atoms in total. The van der Waals surface area contributed by atoms with Crippen LogP contribution < -0.4 is 11.1 Å². The molecule has 0 fully saturated rings. The molecule has 1 aromatic rings. The summed E-state index contributed by atoms with van der Waals surface area (Å²) in [5.74, 6) is -0.0261. The lowest BCUT2D eigenvalue weighted by atomic mass is 10.1. The molecule has 0 saturated heterocycles. The fourth-order valence-electron chi connectivity index (χ4n) is 1.38. The van der Waals surface area contributed by atoms with Crippen molar-refractivity contribution < 1.29 is 4.39 Å². The van der Waals surface area contributed by atoms with Crippen LogP contribution in [-0.4, -0.2) is 12.5 Å². The minimum atomic E-state index is -0.420. The number of aliphatic imine (C=N–C) groups is 1. The van der Waals surface area contributed by atoms with Crippen LogP contribution in [0.25, 0.3) is 0 Å². The summed E-state index contributed by atoms with van der Waals surface area (Å²) < 4.78 is 13.1. The minimum absolute atomic E-state index is 0.0400. The van der Waals surface area contributed by atoms with Crippen LogP contribution in [0.5, 0.6) is 0 Å². The molecule has 14 heavy (non-hydrogen) atoms. The lowest BCUT2D eigenvalue weighted by Crippen LogP contribution is -2.29. The highest BCUT2D eigenvalue weighted by molar-refractivity contribution is 6.30. The maximum Gasteiger partial charge on any atom is 0.189 e. The fraction of sp³-hybridized carbons (Fsp3) is 0.222. The third kappa shape index (κ3) is 1.65. The predicted molar refractivity (Wildman–Crippen MR) is 53.8 cm³/mol. The van der Waals surface area contributed by atoms with E-state index in [1.54, 1.807) is 6.07 Å². The lowest BCUT2D eigenvalue weighted by molar-refractivity contribution is 0.618. The van der Waals surface area contributed by atoms with Crippen LogP contribution in [0.2, 0.25) is 5.02 Å². The average Bonchev–Trinajstić information content (AvgIpc) is 2.57. The molecule has 0 saturated carbocycles. The number of benzene rings is 1. The molecule has 2 rings (SSSR count). The summed E-state index contributed by atoms with van der Waals surface area (Å²) in [6.07, 6.45) is 0. The van der Waals surface area contributed by atoms with Crippen molar-refractivity contribution >= 4 is 17.6 Å². The molecule has 1 atom stereocenters. The number of nitrogens with one attached hydrogen (secondary N) is 1. The van der Waals surface area contributed by atoms with Crippen LogP contribution >= 0.6 is 11.6 Å². The molecular formula is C9H9ClFN3. The van der Waals surface area contributed by atoms with E-state index in [1.165, 1.54) is 12.1 Å². The van der Waals surface area contributed by atoms with Gasteiger partial charge in [0, 0.05) is 0 Å². The number of nitrogens with zero attached hydrogens (tertiary/aromatic N) is 1. The van der Waals surface area contributed by atoms with Crippen LogP contribution in [0.3, 0.4) is 0 Å². The van der Waals surface area contributed by atoms with Crippen molar-refractivity contribution in [2.75, 3.05) is 6.54 Å². The topological polar surface area (TPSA) is 50.4 Å². The van der Waals surface area contributed by atoms with Crippen molar-refractivity contribution in [1.82, 2.24) is 5.32 Å². The van der Waals surface area contributed by atoms with Crippen molar-refractivity contribution in [3.05, 3.63) is 34.6 Å². The van der Waals surface area contributed by atoms with E-state index in [4.69, 9.17) is 17.3 Å². The van der Waals surface area contributed by atoms with E-state index in [9.17, 15) is 4.39 Å². The van der Waals surface area contributed by atoms with Gasteiger partial charge in [-0.05, 0) is 17.7 Å². The number of halogens is 2. The van der Waals surface area contributed by atoms with Crippen LogP contribution in [0.1, 0.15) is 11.6 Å². The summed E-state index contributed by atoms with van der Waals surface area (Å²) in [7, 11) is 0. The zero-order valence-corrected chi connectivity index (χ0v) is 8.05. The second-order valence-corrected chi connectivity index (χ2v) is 3.50. The highest BCUT2D eigenvalue weighted by Crippen LogP contribution is 2.21. The molecule has 3 N–H and O–H groups in total. The Morgan fingerprint density at radius 3 is 2.93 bits per heavy atom. The Balaban J connectivity index is 2.22. The Kier molecular flexibility index (Phi) is 2.29. The number of nitrogens with two attached hydrogens (primary N) is 1. The standard InChI is InChI=1S/C9H9ClFN3/c10-6-2-1-5(3-7(6)11)8-4-13-9(12)14-8/h1-3,8H,4H2,(H3,12,13,14). The molecule has 0 aromatic heterocycles. The quantitative estimate of drug-likeness (QED) is 0.742. The minimum Gasteiger partial charge on any atom is -0.370 e. The van der Waals surface area contributed by atoms with Gasteiger partial charge in [-0.1, -0.05) is 17.7 Å². The molecule has 1 unspecified atom stereocenters. The molecule has 1 aliphatic heterocycles. The van der Waals surface area contributed by atoms with Crippen molar-refractivity contribution in [2.24, 2.45) is 10.7 Å². The summed E-state index contributed by atoms with van der Waals surface area (Å²) >= 11 is 5.57. The van der Waals surface area contributed by atoms with Gasteiger partial charge in [-0.25, -0.2) is 4.39 Å². The first kappa shape index (κ1) is 9.27. The SMILES string of the molecule is NC1=NCC(c2ccc(Cl)c(F)c2)N1. The van der Waals surface area contributed by atoms with E-state index in [1.807, 2.05) is 0 Å². The van der Waals surface area contributed by atoms with E-state index in [0.29, 0.717) is 12.5 Å². The Hall–Kier alpha value is -1.29. The molecule has 0 amide bonds. The molecule has 1 aromatic carbocycles. The zero-order chi connectivity index (χ0) is 10.1. The smallest absolute Gasteiger partial charge is 0.189 e. The van der Waals surface area contributed by atoms with Gasteiger partial charge in [-0.2, -0.15) is 0 Å². The summed E-state index contributed by atoms with van der Waals surface area (Å²) in [6.45, 7) is 0.535. The highest BCUT2D eigenvalue weighted by Gasteiger charge is 2.17. The van der Waals surface area contributed by atoms with Crippen molar-refractivity contribution in [3.63, 3.8) is 0 Å². The van der Waals surface area contributed by atoms with Crippen LogP contribution in [0.15, 0.2) is 23.2 Å². The van der Waals surface area contributed by atoms with Crippen molar-refractivity contribution in [3.8, 4) is 0 Å². The second-order valence-electron chi connectivity index (χ2n) is 3.10. The van der Waals surface area contributed by atoms with Gasteiger partial charge in [0.2, 0.25) is 0 Å². The maximum atomic E-state index is 13.1. The molecule has 5 heteroatoms. The Bertz CT molecular complexity index is 392. The first-order valence-electron chi connectivity index (χ1n) is 4.18. The van der Waals surface area contributed by atoms with E-state index in [0.717, 1.165) is 5.56 Å². The van der Waals surface area contributed by atoms with Gasteiger partial charge < -0.3 is 11.1 Å². The van der Waals surface area contributed by atoms with Gasteiger partial charge >= 0.3 is 0 Å². The molecule has 0 bridgehead atoms. The molecule has 74 valence electrons. The van der Waals surface area contributed by atoms with E-state index >= 15 is 0 Å². The summed E-state index contributed by atoms with van der Waals surface area (Å²) in [5, 5.41) is 3.06. The first-order chi connectivity index (χ1) is 6.66. The Morgan fingerprint density at radius 1 is 1.57 bits per heavy atom.